The van der Waals surface area contributed by atoms with E-state index in [-0.39, 0.29) is 0 Å². The first-order valence-electron chi connectivity index (χ1n) is 5.25. The summed E-state index contributed by atoms with van der Waals surface area (Å²) in [6.45, 7) is 2.98. The summed E-state index contributed by atoms with van der Waals surface area (Å²) in [6, 6.07) is 8.70. The van der Waals surface area contributed by atoms with Crippen LogP contribution in [0, 0.1) is 6.92 Å². The number of hydrogen-bond donors (Lipinski definition) is 0. The van der Waals surface area contributed by atoms with Gasteiger partial charge in [-0.3, -0.25) is 0 Å². The summed E-state index contributed by atoms with van der Waals surface area (Å²) in [7, 11) is 0. The topological polar surface area (TPSA) is 17.8 Å². The molecule has 0 amide bonds. The number of benzene rings is 1. The van der Waals surface area contributed by atoms with Crippen molar-refractivity contribution in [1.29, 1.82) is 0 Å². The first kappa shape index (κ1) is 9.60. The zero-order valence-electron chi connectivity index (χ0n) is 9.05. The number of thiazole rings is 1. The van der Waals surface area contributed by atoms with E-state index in [1.165, 1.54) is 16.5 Å². The summed E-state index contributed by atoms with van der Waals surface area (Å²) in [5.74, 6) is 0. The van der Waals surface area contributed by atoms with E-state index in [2.05, 4.69) is 52.3 Å². The van der Waals surface area contributed by atoms with Gasteiger partial charge < -0.3 is 4.57 Å². The molecule has 2 nitrogen and oxygen atoms in total. The Kier molecular flexibility index (Phi) is 2.26. The smallest absolute Gasteiger partial charge is 0.0795 e. The average molecular weight is 228 g/mol. The molecule has 0 aliphatic rings. The van der Waals surface area contributed by atoms with Crippen molar-refractivity contribution in [1.82, 2.24) is 9.55 Å². The molecule has 0 aliphatic carbocycles. The van der Waals surface area contributed by atoms with E-state index in [1.807, 2.05) is 5.51 Å². The van der Waals surface area contributed by atoms with Gasteiger partial charge in [0.05, 0.1) is 17.7 Å². The van der Waals surface area contributed by atoms with Gasteiger partial charge in [0.2, 0.25) is 0 Å². The molecule has 16 heavy (non-hydrogen) atoms. The van der Waals surface area contributed by atoms with Gasteiger partial charge in [-0.1, -0.05) is 12.1 Å². The average Bonchev–Trinajstić information content (AvgIpc) is 2.90. The van der Waals surface area contributed by atoms with E-state index in [4.69, 9.17) is 0 Å². The molecule has 0 unspecified atom stereocenters. The fourth-order valence-electron chi connectivity index (χ4n) is 1.92. The Balaban J connectivity index is 2.07. The van der Waals surface area contributed by atoms with Crippen molar-refractivity contribution in [3.63, 3.8) is 0 Å². The third-order valence-electron chi connectivity index (χ3n) is 2.75. The monoisotopic (exact) mass is 228 g/mol. The van der Waals surface area contributed by atoms with Gasteiger partial charge in [0.1, 0.15) is 0 Å². The molecule has 3 aromatic rings. The largest absolute Gasteiger partial charge is 0.341 e. The maximum Gasteiger partial charge on any atom is 0.0795 e. The summed E-state index contributed by atoms with van der Waals surface area (Å²) >= 11 is 1.65. The maximum atomic E-state index is 4.32. The maximum absolute atomic E-state index is 4.32. The molecule has 3 rings (SSSR count). The molecule has 0 atom stereocenters. The predicted octanol–water partition coefficient (Wildman–Crippen LogP) is 3.45. The van der Waals surface area contributed by atoms with Crippen LogP contribution in [0.5, 0.6) is 0 Å². The minimum absolute atomic E-state index is 0.858. The van der Waals surface area contributed by atoms with Crippen molar-refractivity contribution in [2.75, 3.05) is 0 Å². The van der Waals surface area contributed by atoms with Gasteiger partial charge in [0.15, 0.2) is 0 Å². The second-order valence-corrected chi connectivity index (χ2v) is 4.70. The summed E-state index contributed by atoms with van der Waals surface area (Å²) in [5, 5.41) is 3.39. The molecule has 80 valence electrons. The zero-order chi connectivity index (χ0) is 11.0. The van der Waals surface area contributed by atoms with Crippen LogP contribution in [0.3, 0.4) is 0 Å². The van der Waals surface area contributed by atoms with E-state index in [0.29, 0.717) is 0 Å². The van der Waals surface area contributed by atoms with Gasteiger partial charge in [0.25, 0.3) is 0 Å². The van der Waals surface area contributed by atoms with Crippen LogP contribution in [0.2, 0.25) is 0 Å². The van der Waals surface area contributed by atoms with Crippen LogP contribution in [0.15, 0.2) is 41.4 Å². The molecule has 0 fully saturated rings. The highest BCUT2D eigenvalue weighted by Crippen LogP contribution is 2.18. The highest BCUT2D eigenvalue weighted by Gasteiger charge is 2.02. The molecule has 0 saturated carbocycles. The first-order chi connectivity index (χ1) is 7.83. The van der Waals surface area contributed by atoms with Gasteiger partial charge in [0, 0.05) is 17.1 Å². The van der Waals surface area contributed by atoms with Crippen LogP contribution in [-0.4, -0.2) is 9.55 Å². The van der Waals surface area contributed by atoms with E-state index >= 15 is 0 Å². The lowest BCUT2D eigenvalue weighted by molar-refractivity contribution is 0.814. The van der Waals surface area contributed by atoms with E-state index in [9.17, 15) is 0 Å². The highest BCUT2D eigenvalue weighted by molar-refractivity contribution is 7.07. The molecule has 0 N–H and O–H groups in total. The van der Waals surface area contributed by atoms with Gasteiger partial charge in [-0.25, -0.2) is 4.98 Å². The Bertz CT molecular complexity index is 608. The Morgan fingerprint density at radius 1 is 1.31 bits per heavy atom. The van der Waals surface area contributed by atoms with Crippen molar-refractivity contribution in [2.45, 2.75) is 13.5 Å². The summed E-state index contributed by atoms with van der Waals surface area (Å²) in [4.78, 5) is 4.32. The second-order valence-electron chi connectivity index (χ2n) is 3.99. The van der Waals surface area contributed by atoms with Crippen molar-refractivity contribution in [2.24, 2.45) is 0 Å². The van der Waals surface area contributed by atoms with Crippen LogP contribution in [0.25, 0.3) is 10.9 Å². The van der Waals surface area contributed by atoms with Crippen molar-refractivity contribution in [3.05, 3.63) is 52.6 Å². The summed E-state index contributed by atoms with van der Waals surface area (Å²) < 4.78 is 2.25. The number of aryl methyl sites for hydroxylation is 1. The zero-order valence-corrected chi connectivity index (χ0v) is 9.87. The molecule has 0 bridgehead atoms. The predicted molar refractivity (Wildman–Crippen MR) is 67.9 cm³/mol. The van der Waals surface area contributed by atoms with Crippen LogP contribution in [-0.2, 0) is 6.54 Å². The molecule has 0 aliphatic heterocycles. The standard InChI is InChI=1S/C13H12N2S/c1-10-2-3-11-4-5-15(13(11)6-10)7-12-8-16-9-14-12/h2-6,8-9H,7H2,1H3. The molecule has 0 radical (unpaired) electrons. The van der Waals surface area contributed by atoms with Crippen LogP contribution in [0.1, 0.15) is 11.3 Å². The molecule has 1 aromatic carbocycles. The SMILES string of the molecule is Cc1ccc2ccn(Cc3cscn3)c2c1. The first-order valence-corrected chi connectivity index (χ1v) is 6.20. The lowest BCUT2D eigenvalue weighted by Gasteiger charge is -2.03. The Hall–Kier alpha value is -1.61. The van der Waals surface area contributed by atoms with Crippen LogP contribution < -0.4 is 0 Å². The fourth-order valence-corrected chi connectivity index (χ4v) is 2.47. The van der Waals surface area contributed by atoms with E-state index < -0.39 is 0 Å². The molecular formula is C13H12N2S. The number of hydrogen-bond acceptors (Lipinski definition) is 2. The van der Waals surface area contributed by atoms with Gasteiger partial charge in [-0.15, -0.1) is 11.3 Å². The Morgan fingerprint density at radius 2 is 2.25 bits per heavy atom. The van der Waals surface area contributed by atoms with Crippen LogP contribution in [0.4, 0.5) is 0 Å². The lowest BCUT2D eigenvalue weighted by Crippen LogP contribution is -1.97. The molecule has 3 heteroatoms. The van der Waals surface area contributed by atoms with E-state index in [1.54, 1.807) is 11.3 Å². The lowest BCUT2D eigenvalue weighted by atomic mass is 10.2. The number of rotatable bonds is 2. The van der Waals surface area contributed by atoms with Gasteiger partial charge in [-0.05, 0) is 30.0 Å². The summed E-state index contributed by atoms with van der Waals surface area (Å²) in [6.07, 6.45) is 2.13. The Labute approximate surface area is 98.2 Å². The Morgan fingerprint density at radius 3 is 3.06 bits per heavy atom. The highest BCUT2D eigenvalue weighted by atomic mass is 32.1. The summed E-state index contributed by atoms with van der Waals surface area (Å²) in [5.41, 5.74) is 5.59. The quantitative estimate of drug-likeness (QED) is 0.657. The van der Waals surface area contributed by atoms with Crippen molar-refractivity contribution >= 4 is 22.2 Å². The molecule has 2 heterocycles. The van der Waals surface area contributed by atoms with Crippen molar-refractivity contribution in [3.8, 4) is 0 Å². The van der Waals surface area contributed by atoms with Gasteiger partial charge in [-0.2, -0.15) is 0 Å². The minimum Gasteiger partial charge on any atom is -0.341 e. The van der Waals surface area contributed by atoms with Crippen LogP contribution >= 0.6 is 11.3 Å². The van der Waals surface area contributed by atoms with Crippen molar-refractivity contribution < 1.29 is 0 Å². The molecule has 2 aromatic heterocycles. The second kappa shape index (κ2) is 3.76. The fraction of sp³-hybridized carbons (Fsp3) is 0.154. The molecular weight excluding hydrogens is 216 g/mol. The van der Waals surface area contributed by atoms with E-state index in [0.717, 1.165) is 12.2 Å². The number of fused-ring (bicyclic) bond motifs is 1. The third-order valence-corrected chi connectivity index (χ3v) is 3.38. The van der Waals surface area contributed by atoms with Gasteiger partial charge >= 0.3 is 0 Å². The number of aromatic nitrogens is 2. The molecule has 0 saturated heterocycles. The molecule has 0 spiro atoms. The third kappa shape index (κ3) is 1.63. The normalized spacial score (nSPS) is 11.1. The number of nitrogens with zero attached hydrogens (tertiary/aromatic N) is 2. The minimum atomic E-state index is 0.858.